The molecule has 1 aromatic heterocycles. The van der Waals surface area contributed by atoms with Gasteiger partial charge in [-0.15, -0.1) is 10.2 Å². The van der Waals surface area contributed by atoms with Crippen LogP contribution in [0.5, 0.6) is 0 Å². The van der Waals surface area contributed by atoms with E-state index in [2.05, 4.69) is 10.2 Å². The van der Waals surface area contributed by atoms with Crippen LogP contribution < -0.4 is 0 Å². The van der Waals surface area contributed by atoms with Crippen LogP contribution in [0.25, 0.3) is 11.4 Å². The summed E-state index contributed by atoms with van der Waals surface area (Å²) in [4.78, 5) is 12.0. The quantitative estimate of drug-likeness (QED) is 0.297. The summed E-state index contributed by atoms with van der Waals surface area (Å²) >= 11 is 1.17. The summed E-state index contributed by atoms with van der Waals surface area (Å²) in [7, 11) is 3.65. The third kappa shape index (κ3) is 5.38. The smallest absolute Gasteiger partial charge is 0.318 e. The van der Waals surface area contributed by atoms with Gasteiger partial charge in [0.15, 0.2) is 17.3 Å². The van der Waals surface area contributed by atoms with Crippen LogP contribution >= 0.6 is 11.8 Å². The highest BCUT2D eigenvalue weighted by Gasteiger charge is 2.24. The molecule has 2 aromatic rings. The monoisotopic (exact) mass is 458 g/mol. The van der Waals surface area contributed by atoms with Crippen LogP contribution in [-0.2, 0) is 35.6 Å². The van der Waals surface area contributed by atoms with E-state index in [4.69, 9.17) is 14.2 Å². The zero-order valence-electron chi connectivity index (χ0n) is 17.7. The minimum absolute atomic E-state index is 0.131. The van der Waals surface area contributed by atoms with Crippen molar-refractivity contribution in [1.82, 2.24) is 19.1 Å². The molecule has 166 valence electrons. The highest BCUT2D eigenvalue weighted by atomic mass is 32.2. The van der Waals surface area contributed by atoms with Gasteiger partial charge in [-0.05, 0) is 19.1 Å². The fourth-order valence-corrected chi connectivity index (χ4v) is 4.36. The third-order valence-electron chi connectivity index (χ3n) is 4.26. The predicted molar refractivity (Wildman–Crippen MR) is 111 cm³/mol. The molecule has 30 heavy (non-hydrogen) atoms. The second kappa shape index (κ2) is 10.4. The summed E-state index contributed by atoms with van der Waals surface area (Å²) in [5.41, 5.74) is 0.550. The molecular formula is C18H26N4O6S2. The molecule has 0 aliphatic carbocycles. The number of nitrogens with zero attached hydrogens (tertiary/aromatic N) is 4. The van der Waals surface area contributed by atoms with Gasteiger partial charge in [-0.25, -0.2) is 12.7 Å². The molecule has 0 saturated carbocycles. The van der Waals surface area contributed by atoms with Gasteiger partial charge >= 0.3 is 5.97 Å². The first-order chi connectivity index (χ1) is 14.1. The van der Waals surface area contributed by atoms with Crippen molar-refractivity contribution in [2.24, 2.45) is 0 Å². The Morgan fingerprint density at radius 2 is 1.87 bits per heavy atom. The van der Waals surface area contributed by atoms with E-state index in [-0.39, 0.29) is 11.4 Å². The summed E-state index contributed by atoms with van der Waals surface area (Å²) < 4.78 is 43.3. The van der Waals surface area contributed by atoms with Gasteiger partial charge in [-0.1, -0.05) is 23.9 Å². The van der Waals surface area contributed by atoms with Gasteiger partial charge in [0.1, 0.15) is 5.25 Å². The molecule has 0 bridgehead atoms. The second-order valence-electron chi connectivity index (χ2n) is 6.42. The number of esters is 1. The molecule has 1 unspecified atom stereocenters. The lowest BCUT2D eigenvalue weighted by molar-refractivity contribution is -0.139. The molecule has 2 rings (SSSR count). The molecule has 0 amide bonds. The minimum atomic E-state index is -3.62. The number of benzene rings is 1. The molecule has 0 spiro atoms. The van der Waals surface area contributed by atoms with Crippen LogP contribution in [0.1, 0.15) is 6.92 Å². The van der Waals surface area contributed by atoms with Gasteiger partial charge < -0.3 is 14.2 Å². The molecule has 0 radical (unpaired) electrons. The van der Waals surface area contributed by atoms with Gasteiger partial charge in [-0.3, -0.25) is 9.36 Å². The number of aromatic nitrogens is 3. The summed E-state index contributed by atoms with van der Waals surface area (Å²) in [5.74, 6) is 0.0229. The molecule has 0 aliphatic rings. The number of hydrogen-bond donors (Lipinski definition) is 0. The van der Waals surface area contributed by atoms with Gasteiger partial charge in [0.25, 0.3) is 0 Å². The maximum Gasteiger partial charge on any atom is 0.318 e. The van der Waals surface area contributed by atoms with Crippen molar-refractivity contribution >= 4 is 27.8 Å². The van der Waals surface area contributed by atoms with E-state index in [0.717, 1.165) is 4.31 Å². The molecule has 12 heteroatoms. The number of rotatable bonds is 10. The molecule has 1 heterocycles. The summed E-state index contributed by atoms with van der Waals surface area (Å²) in [6, 6.07) is 6.42. The Bertz CT molecular complexity index is 973. The van der Waals surface area contributed by atoms with Crippen molar-refractivity contribution < 1.29 is 27.4 Å². The van der Waals surface area contributed by atoms with Crippen LogP contribution in [0.15, 0.2) is 34.3 Å². The highest BCUT2D eigenvalue weighted by molar-refractivity contribution is 8.00. The molecule has 0 aliphatic heterocycles. The lowest BCUT2D eigenvalue weighted by Crippen LogP contribution is -2.23. The minimum Gasteiger partial charge on any atom is -0.468 e. The summed E-state index contributed by atoms with van der Waals surface area (Å²) in [5, 5.41) is 8.36. The Labute approximate surface area is 180 Å². The number of carbonyl (C=O) groups excluding carboxylic acids is 1. The zero-order chi connectivity index (χ0) is 22.5. The summed E-state index contributed by atoms with van der Waals surface area (Å²) in [6.45, 7) is 1.93. The first kappa shape index (κ1) is 24.3. The van der Waals surface area contributed by atoms with Crippen LogP contribution in [0.2, 0.25) is 0 Å². The molecule has 0 saturated heterocycles. The zero-order valence-corrected chi connectivity index (χ0v) is 19.4. The number of thioether (sulfide) groups is 1. The molecular weight excluding hydrogens is 432 g/mol. The lowest BCUT2D eigenvalue weighted by Gasteiger charge is -2.18. The Morgan fingerprint density at radius 3 is 2.43 bits per heavy atom. The molecule has 1 atom stereocenters. The van der Waals surface area contributed by atoms with E-state index in [1.54, 1.807) is 23.6 Å². The second-order valence-corrected chi connectivity index (χ2v) is 9.88. The van der Waals surface area contributed by atoms with Gasteiger partial charge in [-0.2, -0.15) is 0 Å². The number of carbonyl (C=O) groups is 1. The Kier molecular flexibility index (Phi) is 8.38. The van der Waals surface area contributed by atoms with E-state index in [9.17, 15) is 13.2 Å². The van der Waals surface area contributed by atoms with Gasteiger partial charge in [0, 0.05) is 33.9 Å². The van der Waals surface area contributed by atoms with Crippen LogP contribution in [0.3, 0.4) is 0 Å². The van der Waals surface area contributed by atoms with Crippen LogP contribution in [0.4, 0.5) is 0 Å². The van der Waals surface area contributed by atoms with Crippen molar-refractivity contribution in [2.75, 3.05) is 35.4 Å². The number of methoxy groups -OCH3 is 3. The molecule has 10 nitrogen and oxygen atoms in total. The third-order valence-corrected chi connectivity index (χ3v) is 7.13. The van der Waals surface area contributed by atoms with Crippen molar-refractivity contribution in [1.29, 1.82) is 0 Å². The maximum atomic E-state index is 12.5. The molecule has 0 N–H and O–H groups in total. The summed E-state index contributed by atoms with van der Waals surface area (Å²) in [6.07, 6.45) is -0.596. The van der Waals surface area contributed by atoms with Gasteiger partial charge in [0.05, 0.1) is 18.6 Å². The number of hydrogen-bond acceptors (Lipinski definition) is 9. The molecule has 0 fully saturated rings. The van der Waals surface area contributed by atoms with Crippen molar-refractivity contribution in [2.45, 2.75) is 35.1 Å². The van der Waals surface area contributed by atoms with Crippen molar-refractivity contribution in [3.63, 3.8) is 0 Å². The highest BCUT2D eigenvalue weighted by Crippen LogP contribution is 2.29. The van der Waals surface area contributed by atoms with E-state index in [0.29, 0.717) is 16.5 Å². The number of sulfonamides is 1. The number of ether oxygens (including phenoxy) is 3. The Hall–Kier alpha value is -1.99. The van der Waals surface area contributed by atoms with Crippen LogP contribution in [-0.4, -0.2) is 80.4 Å². The predicted octanol–water partition coefficient (Wildman–Crippen LogP) is 1.47. The maximum absolute atomic E-state index is 12.5. The average Bonchev–Trinajstić information content (AvgIpc) is 3.13. The van der Waals surface area contributed by atoms with E-state index < -0.39 is 27.5 Å². The standard InChI is InChI=1S/C18H26N4O6S2/c1-12(17(23)28-6)29-18-20-19-16(22(18)11-15(26-4)27-5)13-8-7-9-14(10-13)30(24,25)21(2)3/h7-10,12,15H,11H2,1-6H3. The SMILES string of the molecule is COC(=O)C(C)Sc1nnc(-c2cccc(S(=O)(=O)N(C)C)c2)n1CC(OC)OC. The topological polar surface area (TPSA) is 113 Å². The first-order valence-corrected chi connectivity index (χ1v) is 11.2. The lowest BCUT2D eigenvalue weighted by atomic mass is 10.2. The van der Waals surface area contributed by atoms with E-state index in [1.165, 1.54) is 59.3 Å². The Balaban J connectivity index is 2.53. The first-order valence-electron chi connectivity index (χ1n) is 8.91. The largest absolute Gasteiger partial charge is 0.468 e. The fraction of sp³-hybridized carbons (Fsp3) is 0.500. The van der Waals surface area contributed by atoms with Crippen molar-refractivity contribution in [3.05, 3.63) is 24.3 Å². The van der Waals surface area contributed by atoms with E-state index in [1.807, 2.05) is 0 Å². The average molecular weight is 459 g/mol. The van der Waals surface area contributed by atoms with Crippen LogP contribution in [0, 0.1) is 0 Å². The van der Waals surface area contributed by atoms with Gasteiger partial charge in [0.2, 0.25) is 10.0 Å². The fourth-order valence-electron chi connectivity index (χ4n) is 2.53. The van der Waals surface area contributed by atoms with Crippen molar-refractivity contribution in [3.8, 4) is 11.4 Å². The normalized spacial score (nSPS) is 13.1. The molecule has 1 aromatic carbocycles. The van der Waals surface area contributed by atoms with E-state index >= 15 is 0 Å². The Morgan fingerprint density at radius 1 is 1.20 bits per heavy atom.